The summed E-state index contributed by atoms with van der Waals surface area (Å²) in [7, 11) is 0. The van der Waals surface area contributed by atoms with Crippen LogP contribution in [0.1, 0.15) is 28.2 Å². The number of nitrogens with zero attached hydrogens (tertiary/aromatic N) is 2. The number of amides is 1. The largest absolute Gasteiger partial charge is 0.508 e. The highest BCUT2D eigenvalue weighted by Gasteiger charge is 2.05. The summed E-state index contributed by atoms with van der Waals surface area (Å²) >= 11 is 0. The van der Waals surface area contributed by atoms with Crippen molar-refractivity contribution in [1.82, 2.24) is 15.3 Å². The predicted octanol–water partition coefficient (Wildman–Crippen LogP) is 2.03. The van der Waals surface area contributed by atoms with Crippen LogP contribution in [0, 0.1) is 13.8 Å². The van der Waals surface area contributed by atoms with E-state index in [2.05, 4.69) is 20.6 Å². The van der Waals surface area contributed by atoms with Crippen LogP contribution >= 0.6 is 0 Å². The van der Waals surface area contributed by atoms with Gasteiger partial charge in [-0.2, -0.15) is 0 Å². The first-order chi connectivity index (χ1) is 10.6. The minimum Gasteiger partial charge on any atom is -0.508 e. The van der Waals surface area contributed by atoms with E-state index in [0.29, 0.717) is 18.7 Å². The van der Waals surface area contributed by atoms with Crippen molar-refractivity contribution in [1.29, 1.82) is 0 Å². The molecule has 116 valence electrons. The molecular weight excluding hydrogens is 280 g/mol. The van der Waals surface area contributed by atoms with Crippen molar-refractivity contribution in [2.75, 3.05) is 18.4 Å². The summed E-state index contributed by atoms with van der Waals surface area (Å²) in [5, 5.41) is 15.4. The van der Waals surface area contributed by atoms with Gasteiger partial charge in [0.25, 0.3) is 5.91 Å². The molecule has 2 aromatic rings. The number of nitrogens with one attached hydrogen (secondary N) is 2. The molecule has 1 heterocycles. The SMILES string of the molecule is Cc1cnc(C)c(NCCCNC(=O)c2cccc(O)c2)n1. The van der Waals surface area contributed by atoms with Gasteiger partial charge in [-0.05, 0) is 38.5 Å². The van der Waals surface area contributed by atoms with Gasteiger partial charge in [0.05, 0.1) is 11.4 Å². The lowest BCUT2D eigenvalue weighted by Gasteiger charge is -2.09. The number of anilines is 1. The number of carbonyl (C=O) groups excluding carboxylic acids is 1. The number of aryl methyl sites for hydroxylation is 2. The molecule has 22 heavy (non-hydrogen) atoms. The highest BCUT2D eigenvalue weighted by molar-refractivity contribution is 5.94. The Hall–Kier alpha value is -2.63. The third kappa shape index (κ3) is 4.44. The summed E-state index contributed by atoms with van der Waals surface area (Å²) in [5.74, 6) is 0.671. The average Bonchev–Trinajstić information content (AvgIpc) is 2.50. The van der Waals surface area contributed by atoms with E-state index >= 15 is 0 Å². The average molecular weight is 300 g/mol. The standard InChI is InChI=1S/C16H20N4O2/c1-11-10-19-12(2)15(20-11)17-7-4-8-18-16(22)13-5-3-6-14(21)9-13/h3,5-6,9-10,21H,4,7-8H2,1-2H3,(H,17,20)(H,18,22). The lowest BCUT2D eigenvalue weighted by atomic mass is 10.2. The van der Waals surface area contributed by atoms with E-state index in [1.54, 1.807) is 18.3 Å². The van der Waals surface area contributed by atoms with Crippen molar-refractivity contribution in [3.63, 3.8) is 0 Å². The predicted molar refractivity (Wildman–Crippen MR) is 85.1 cm³/mol. The second-order valence-corrected chi connectivity index (χ2v) is 5.03. The molecule has 1 aromatic heterocycles. The maximum atomic E-state index is 11.9. The maximum absolute atomic E-state index is 11.9. The van der Waals surface area contributed by atoms with E-state index < -0.39 is 0 Å². The monoisotopic (exact) mass is 300 g/mol. The highest BCUT2D eigenvalue weighted by atomic mass is 16.3. The summed E-state index contributed by atoms with van der Waals surface area (Å²) in [6, 6.07) is 6.29. The number of rotatable bonds is 6. The fourth-order valence-electron chi connectivity index (χ4n) is 1.95. The molecule has 0 unspecified atom stereocenters. The molecule has 2 rings (SSSR count). The van der Waals surface area contributed by atoms with E-state index in [-0.39, 0.29) is 11.7 Å². The molecule has 6 heteroatoms. The summed E-state index contributed by atoms with van der Waals surface area (Å²) in [4.78, 5) is 20.5. The molecule has 6 nitrogen and oxygen atoms in total. The first-order valence-corrected chi connectivity index (χ1v) is 7.17. The highest BCUT2D eigenvalue weighted by Crippen LogP contribution is 2.10. The molecule has 0 radical (unpaired) electrons. The fourth-order valence-corrected chi connectivity index (χ4v) is 1.95. The molecule has 1 amide bonds. The number of carbonyl (C=O) groups is 1. The normalized spacial score (nSPS) is 10.3. The molecule has 0 spiro atoms. The molecule has 0 fully saturated rings. The van der Waals surface area contributed by atoms with E-state index in [1.165, 1.54) is 12.1 Å². The second-order valence-electron chi connectivity index (χ2n) is 5.03. The van der Waals surface area contributed by atoms with E-state index in [1.807, 2.05) is 13.8 Å². The topological polar surface area (TPSA) is 87.1 Å². The van der Waals surface area contributed by atoms with Crippen LogP contribution in [-0.2, 0) is 0 Å². The number of aromatic nitrogens is 2. The van der Waals surface area contributed by atoms with Gasteiger partial charge in [-0.25, -0.2) is 4.98 Å². The quantitative estimate of drug-likeness (QED) is 0.711. The van der Waals surface area contributed by atoms with Crippen molar-refractivity contribution in [2.24, 2.45) is 0 Å². The van der Waals surface area contributed by atoms with Crippen LogP contribution in [-0.4, -0.2) is 34.1 Å². The molecule has 0 saturated heterocycles. The number of phenols is 1. The maximum Gasteiger partial charge on any atom is 0.251 e. The third-order valence-corrected chi connectivity index (χ3v) is 3.12. The Bertz CT molecular complexity index is 658. The molecule has 1 aromatic carbocycles. The van der Waals surface area contributed by atoms with E-state index in [0.717, 1.165) is 23.6 Å². The smallest absolute Gasteiger partial charge is 0.251 e. The van der Waals surface area contributed by atoms with Gasteiger partial charge in [0, 0.05) is 24.8 Å². The van der Waals surface area contributed by atoms with E-state index in [4.69, 9.17) is 0 Å². The van der Waals surface area contributed by atoms with Gasteiger partial charge in [-0.3, -0.25) is 9.78 Å². The summed E-state index contributed by atoms with van der Waals surface area (Å²) in [5.41, 5.74) is 2.17. The zero-order valence-electron chi connectivity index (χ0n) is 12.8. The van der Waals surface area contributed by atoms with Gasteiger partial charge in [0.1, 0.15) is 11.6 Å². The van der Waals surface area contributed by atoms with Crippen LogP contribution in [0.3, 0.4) is 0 Å². The molecule has 3 N–H and O–H groups in total. The molecule has 0 atom stereocenters. The van der Waals surface area contributed by atoms with Crippen molar-refractivity contribution in [3.05, 3.63) is 47.4 Å². The van der Waals surface area contributed by atoms with Gasteiger partial charge in [0.15, 0.2) is 0 Å². The first kappa shape index (κ1) is 15.8. The number of hydrogen-bond acceptors (Lipinski definition) is 5. The van der Waals surface area contributed by atoms with Crippen LogP contribution in [0.25, 0.3) is 0 Å². The van der Waals surface area contributed by atoms with Crippen LogP contribution < -0.4 is 10.6 Å². The van der Waals surface area contributed by atoms with Crippen LogP contribution in [0.2, 0.25) is 0 Å². The lowest BCUT2D eigenvalue weighted by molar-refractivity contribution is 0.0953. The van der Waals surface area contributed by atoms with Crippen molar-refractivity contribution in [3.8, 4) is 5.75 Å². The fraction of sp³-hybridized carbons (Fsp3) is 0.312. The van der Waals surface area contributed by atoms with E-state index in [9.17, 15) is 9.90 Å². The molecule has 0 aliphatic rings. The second kappa shape index (κ2) is 7.40. The van der Waals surface area contributed by atoms with Gasteiger partial charge in [-0.15, -0.1) is 0 Å². The number of hydrogen-bond donors (Lipinski definition) is 3. The van der Waals surface area contributed by atoms with Crippen LogP contribution in [0.15, 0.2) is 30.5 Å². The van der Waals surface area contributed by atoms with Gasteiger partial charge >= 0.3 is 0 Å². The zero-order chi connectivity index (χ0) is 15.9. The molecule has 0 aliphatic carbocycles. The van der Waals surface area contributed by atoms with Crippen molar-refractivity contribution < 1.29 is 9.90 Å². The van der Waals surface area contributed by atoms with Crippen LogP contribution in [0.5, 0.6) is 5.75 Å². The Labute approximate surface area is 129 Å². The van der Waals surface area contributed by atoms with Crippen molar-refractivity contribution >= 4 is 11.7 Å². The summed E-state index contributed by atoms with van der Waals surface area (Å²) < 4.78 is 0. The van der Waals surface area contributed by atoms with Gasteiger partial charge in [-0.1, -0.05) is 6.07 Å². The molecule has 0 bridgehead atoms. The Kier molecular flexibility index (Phi) is 5.30. The first-order valence-electron chi connectivity index (χ1n) is 7.17. The third-order valence-electron chi connectivity index (χ3n) is 3.12. The zero-order valence-corrected chi connectivity index (χ0v) is 12.8. The lowest BCUT2D eigenvalue weighted by Crippen LogP contribution is -2.25. The Balaban J connectivity index is 1.73. The summed E-state index contributed by atoms with van der Waals surface area (Å²) in [6.07, 6.45) is 2.50. The Morgan fingerprint density at radius 2 is 2.09 bits per heavy atom. The minimum absolute atomic E-state index is 0.0859. The summed E-state index contributed by atoms with van der Waals surface area (Å²) in [6.45, 7) is 5.03. The van der Waals surface area contributed by atoms with Gasteiger partial charge < -0.3 is 15.7 Å². The molecule has 0 saturated carbocycles. The van der Waals surface area contributed by atoms with Gasteiger partial charge in [0.2, 0.25) is 0 Å². The minimum atomic E-state index is -0.192. The molecular formula is C16H20N4O2. The Morgan fingerprint density at radius 3 is 2.86 bits per heavy atom. The Morgan fingerprint density at radius 1 is 1.27 bits per heavy atom. The van der Waals surface area contributed by atoms with Crippen molar-refractivity contribution in [2.45, 2.75) is 20.3 Å². The number of benzene rings is 1. The number of phenolic OH excluding ortho intramolecular Hbond substituents is 1. The molecule has 0 aliphatic heterocycles. The van der Waals surface area contributed by atoms with Crippen LogP contribution in [0.4, 0.5) is 5.82 Å². The number of aromatic hydroxyl groups is 1.